The Morgan fingerprint density at radius 3 is 2.33 bits per heavy atom. The highest BCUT2D eigenvalue weighted by molar-refractivity contribution is 7.98. The molecule has 6 N–H and O–H groups in total. The summed E-state index contributed by atoms with van der Waals surface area (Å²) in [7, 11) is 0. The molecule has 170 valence electrons. The van der Waals surface area contributed by atoms with E-state index in [-0.39, 0.29) is 12.3 Å². The van der Waals surface area contributed by atoms with Crippen molar-refractivity contribution in [3.63, 3.8) is 0 Å². The number of nitrogens with zero attached hydrogens (tertiary/aromatic N) is 1. The van der Waals surface area contributed by atoms with Crippen LogP contribution in [0.2, 0.25) is 0 Å². The Hall–Kier alpha value is -1.99. The normalized spacial score (nSPS) is 18.9. The number of carbonyl (C=O) groups excluding carboxylic acids is 3. The van der Waals surface area contributed by atoms with E-state index >= 15 is 0 Å². The van der Waals surface area contributed by atoms with Gasteiger partial charge in [0.1, 0.15) is 18.1 Å². The molecule has 4 unspecified atom stereocenters. The Labute approximate surface area is 183 Å². The van der Waals surface area contributed by atoms with Crippen molar-refractivity contribution in [3.8, 4) is 0 Å². The van der Waals surface area contributed by atoms with Gasteiger partial charge in [-0.3, -0.25) is 19.2 Å². The lowest BCUT2D eigenvalue weighted by molar-refractivity contribution is -0.149. The van der Waals surface area contributed by atoms with Gasteiger partial charge in [-0.05, 0) is 31.3 Å². The van der Waals surface area contributed by atoms with Crippen molar-refractivity contribution in [3.05, 3.63) is 0 Å². The molecule has 11 nitrogen and oxygen atoms in total. The number of nitrogens with two attached hydrogens (primary N) is 1. The van der Waals surface area contributed by atoms with Crippen molar-refractivity contribution in [2.24, 2.45) is 5.73 Å². The van der Waals surface area contributed by atoms with Crippen molar-refractivity contribution in [1.29, 1.82) is 0 Å². The topological polar surface area (TPSA) is 179 Å². The van der Waals surface area contributed by atoms with Crippen molar-refractivity contribution in [1.82, 2.24) is 15.5 Å². The Kier molecular flexibility index (Phi) is 11.0. The number of amides is 3. The fourth-order valence-corrected chi connectivity index (χ4v) is 3.72. The first-order chi connectivity index (χ1) is 14.1. The number of hydrogen-bond donors (Lipinski definition) is 6. The highest BCUT2D eigenvalue weighted by Crippen LogP contribution is 2.19. The second-order valence-corrected chi connectivity index (χ2v) is 8.17. The third-order valence-electron chi connectivity index (χ3n) is 4.60. The van der Waals surface area contributed by atoms with Crippen LogP contribution in [-0.2, 0) is 24.0 Å². The van der Waals surface area contributed by atoms with E-state index < -0.39 is 60.2 Å². The van der Waals surface area contributed by atoms with Crippen molar-refractivity contribution in [2.75, 3.05) is 24.3 Å². The maximum absolute atomic E-state index is 12.7. The summed E-state index contributed by atoms with van der Waals surface area (Å²) in [6, 6.07) is -4.51. The van der Waals surface area contributed by atoms with E-state index in [9.17, 15) is 29.1 Å². The first-order valence-electron chi connectivity index (χ1n) is 9.33. The molecule has 0 spiro atoms. The number of likely N-dealkylation sites (tertiary alicyclic amines) is 1. The molecule has 0 radical (unpaired) electrons. The molecule has 1 heterocycles. The predicted molar refractivity (Wildman–Crippen MR) is 113 cm³/mol. The van der Waals surface area contributed by atoms with Crippen molar-refractivity contribution >= 4 is 54.1 Å². The zero-order valence-corrected chi connectivity index (χ0v) is 18.3. The standard InChI is InChI=1S/C17H28N4O7S2/c1-30-6-4-9(18)14(24)19-10(7-13(22)23)15(25)20-11(8-29)16(26)21-5-2-3-12(21)17(27)28/h9-12,29H,2-8,18H2,1H3,(H,19,24)(H,20,25)(H,22,23)(H,27,28). The minimum Gasteiger partial charge on any atom is -0.481 e. The Balaban J connectivity index is 2.84. The summed E-state index contributed by atoms with van der Waals surface area (Å²) in [5, 5.41) is 23.0. The maximum atomic E-state index is 12.7. The number of carboxylic acid groups (broad SMARTS) is 2. The minimum atomic E-state index is -1.45. The van der Waals surface area contributed by atoms with Gasteiger partial charge in [-0.25, -0.2) is 4.79 Å². The number of nitrogens with one attached hydrogen (secondary N) is 2. The van der Waals surface area contributed by atoms with Crippen LogP contribution < -0.4 is 16.4 Å². The molecule has 0 aromatic carbocycles. The van der Waals surface area contributed by atoms with Gasteiger partial charge in [-0.2, -0.15) is 24.4 Å². The van der Waals surface area contributed by atoms with Crippen LogP contribution >= 0.6 is 24.4 Å². The first kappa shape index (κ1) is 26.0. The highest BCUT2D eigenvalue weighted by atomic mass is 32.2. The molecular formula is C17H28N4O7S2. The van der Waals surface area contributed by atoms with Gasteiger partial charge in [0.2, 0.25) is 17.7 Å². The van der Waals surface area contributed by atoms with Crippen LogP contribution in [0.3, 0.4) is 0 Å². The van der Waals surface area contributed by atoms with Gasteiger partial charge >= 0.3 is 11.9 Å². The van der Waals surface area contributed by atoms with E-state index in [2.05, 4.69) is 23.3 Å². The molecule has 1 fully saturated rings. The van der Waals surface area contributed by atoms with Gasteiger partial charge in [0.25, 0.3) is 0 Å². The van der Waals surface area contributed by atoms with Crippen molar-refractivity contribution in [2.45, 2.75) is 49.9 Å². The quantitative estimate of drug-likeness (QED) is 0.188. The third kappa shape index (κ3) is 7.69. The molecule has 1 saturated heterocycles. The lowest BCUT2D eigenvalue weighted by atomic mass is 10.1. The highest BCUT2D eigenvalue weighted by Gasteiger charge is 2.38. The lowest BCUT2D eigenvalue weighted by Crippen LogP contribution is -2.58. The summed E-state index contributed by atoms with van der Waals surface area (Å²) in [6.07, 6.45) is 2.30. The fourth-order valence-electron chi connectivity index (χ4n) is 2.98. The van der Waals surface area contributed by atoms with Gasteiger partial charge in [-0.15, -0.1) is 0 Å². The van der Waals surface area contributed by atoms with Gasteiger partial charge in [0.05, 0.1) is 12.5 Å². The Morgan fingerprint density at radius 1 is 1.17 bits per heavy atom. The fraction of sp³-hybridized carbons (Fsp3) is 0.706. The number of carboxylic acids is 2. The number of thiol groups is 1. The summed E-state index contributed by atoms with van der Waals surface area (Å²) < 4.78 is 0. The molecule has 0 aromatic rings. The largest absolute Gasteiger partial charge is 0.481 e. The van der Waals surface area contributed by atoms with E-state index in [1.807, 2.05) is 6.26 Å². The van der Waals surface area contributed by atoms with Crippen LogP contribution in [0.25, 0.3) is 0 Å². The molecule has 4 atom stereocenters. The van der Waals surface area contributed by atoms with Crippen LogP contribution in [-0.4, -0.2) is 93.2 Å². The summed E-state index contributed by atoms with van der Waals surface area (Å²) in [5.41, 5.74) is 5.75. The van der Waals surface area contributed by atoms with E-state index in [0.29, 0.717) is 25.0 Å². The van der Waals surface area contributed by atoms with Crippen molar-refractivity contribution < 1.29 is 34.2 Å². The van der Waals surface area contributed by atoms with Gasteiger partial charge in [0, 0.05) is 12.3 Å². The predicted octanol–water partition coefficient (Wildman–Crippen LogP) is -1.48. The van der Waals surface area contributed by atoms with Gasteiger partial charge < -0.3 is 31.5 Å². The molecule has 1 aliphatic rings. The molecule has 0 bridgehead atoms. The molecule has 0 aliphatic carbocycles. The van der Waals surface area contributed by atoms with Gasteiger partial charge in [-0.1, -0.05) is 0 Å². The number of carbonyl (C=O) groups is 5. The summed E-state index contributed by atoms with van der Waals surface area (Å²) >= 11 is 5.53. The van der Waals surface area contributed by atoms with Crippen LogP contribution in [0.15, 0.2) is 0 Å². The van der Waals surface area contributed by atoms with E-state index in [0.717, 1.165) is 4.90 Å². The number of thioether (sulfide) groups is 1. The zero-order valence-electron chi connectivity index (χ0n) is 16.6. The van der Waals surface area contributed by atoms with E-state index in [1.54, 1.807) is 0 Å². The average Bonchev–Trinajstić information content (AvgIpc) is 3.18. The number of rotatable bonds is 12. The van der Waals surface area contributed by atoms with E-state index in [1.165, 1.54) is 11.8 Å². The summed E-state index contributed by atoms with van der Waals surface area (Å²) in [5.74, 6) is -4.17. The minimum absolute atomic E-state index is 0.131. The first-order valence-corrected chi connectivity index (χ1v) is 11.4. The molecular weight excluding hydrogens is 436 g/mol. The van der Waals surface area contributed by atoms with Gasteiger partial charge in [0.15, 0.2) is 0 Å². The number of hydrogen-bond acceptors (Lipinski definition) is 8. The smallest absolute Gasteiger partial charge is 0.326 e. The molecule has 0 aromatic heterocycles. The lowest BCUT2D eigenvalue weighted by Gasteiger charge is -2.28. The zero-order chi connectivity index (χ0) is 22.8. The van der Waals surface area contributed by atoms with Crippen LogP contribution in [0.5, 0.6) is 0 Å². The molecule has 30 heavy (non-hydrogen) atoms. The Bertz CT molecular complexity index is 664. The Morgan fingerprint density at radius 2 is 1.80 bits per heavy atom. The third-order valence-corrected chi connectivity index (χ3v) is 5.61. The second-order valence-electron chi connectivity index (χ2n) is 6.82. The van der Waals surface area contributed by atoms with Crippen LogP contribution in [0.4, 0.5) is 0 Å². The molecule has 13 heteroatoms. The molecule has 1 aliphatic heterocycles. The summed E-state index contributed by atoms with van der Waals surface area (Å²) in [4.78, 5) is 61.1. The maximum Gasteiger partial charge on any atom is 0.326 e. The SMILES string of the molecule is CSCCC(N)C(=O)NC(CC(=O)O)C(=O)NC(CS)C(=O)N1CCCC1C(=O)O. The monoisotopic (exact) mass is 464 g/mol. The molecule has 1 rings (SSSR count). The van der Waals surface area contributed by atoms with Crippen LogP contribution in [0, 0.1) is 0 Å². The molecule has 3 amide bonds. The second kappa shape index (κ2) is 12.6. The average molecular weight is 465 g/mol. The summed E-state index contributed by atoms with van der Waals surface area (Å²) in [6.45, 7) is 0.232. The van der Waals surface area contributed by atoms with E-state index in [4.69, 9.17) is 10.8 Å². The number of aliphatic carboxylic acids is 2. The van der Waals surface area contributed by atoms with Crippen LogP contribution in [0.1, 0.15) is 25.7 Å². The molecule has 0 saturated carbocycles.